The number of benzene rings is 1. The van der Waals surface area contributed by atoms with E-state index in [-0.39, 0.29) is 0 Å². The summed E-state index contributed by atoms with van der Waals surface area (Å²) >= 11 is 0. The highest BCUT2D eigenvalue weighted by molar-refractivity contribution is 8.00. The van der Waals surface area contributed by atoms with Crippen molar-refractivity contribution in [1.29, 1.82) is 0 Å². The molecule has 3 saturated heterocycles. The number of likely N-dealkylation sites (tertiary alicyclic amines) is 2. The molecule has 1 saturated carbocycles. The number of anilines is 2. The van der Waals surface area contributed by atoms with Gasteiger partial charge in [-0.2, -0.15) is 4.98 Å². The number of nitrogens with zero attached hydrogens (tertiary/aromatic N) is 5. The Morgan fingerprint density at radius 3 is 2.44 bits per heavy atom. The molecule has 0 atom stereocenters. The number of piperidine rings is 1. The summed E-state index contributed by atoms with van der Waals surface area (Å²) in [7, 11) is -0.306. The van der Waals surface area contributed by atoms with Crippen LogP contribution in [0, 0.1) is 0 Å². The number of ether oxygens (including phenoxy) is 2. The van der Waals surface area contributed by atoms with Crippen molar-refractivity contribution in [2.45, 2.75) is 57.0 Å². The third-order valence-corrected chi connectivity index (χ3v) is 10.6. The largest absolute Gasteiger partial charge is 0.493 e. The van der Waals surface area contributed by atoms with E-state index in [1.165, 1.54) is 38.8 Å². The van der Waals surface area contributed by atoms with Gasteiger partial charge in [-0.25, -0.2) is 4.98 Å². The van der Waals surface area contributed by atoms with Gasteiger partial charge in [-0.3, -0.25) is 4.21 Å². The zero-order chi connectivity index (χ0) is 26.8. The lowest BCUT2D eigenvalue weighted by Gasteiger charge is -2.33. The number of hydrogen-bond donors (Lipinski definition) is 1. The second-order valence-corrected chi connectivity index (χ2v) is 14.4. The van der Waals surface area contributed by atoms with Crippen LogP contribution in [0.1, 0.15) is 44.9 Å². The van der Waals surface area contributed by atoms with Crippen LogP contribution >= 0.6 is 0 Å². The zero-order valence-electron chi connectivity index (χ0n) is 23.4. The van der Waals surface area contributed by atoms with Crippen molar-refractivity contribution < 1.29 is 13.7 Å². The molecule has 1 aromatic carbocycles. The van der Waals surface area contributed by atoms with Crippen molar-refractivity contribution in [3.8, 4) is 11.5 Å². The van der Waals surface area contributed by atoms with Crippen LogP contribution in [0.25, 0.3) is 10.9 Å². The van der Waals surface area contributed by atoms with Gasteiger partial charge in [0.05, 0.1) is 19.2 Å². The van der Waals surface area contributed by atoms with Crippen LogP contribution < -0.4 is 19.7 Å². The summed E-state index contributed by atoms with van der Waals surface area (Å²) < 4.78 is 24.5. The second kappa shape index (κ2) is 11.7. The summed E-state index contributed by atoms with van der Waals surface area (Å²) in [6, 6.07) is 5.22. The average molecular weight is 557 g/mol. The molecule has 3 aliphatic heterocycles. The van der Waals surface area contributed by atoms with Gasteiger partial charge in [0.1, 0.15) is 5.82 Å². The lowest BCUT2D eigenvalue weighted by molar-refractivity contribution is 0.210. The fourth-order valence-corrected chi connectivity index (χ4v) is 7.44. The molecule has 4 fully saturated rings. The van der Waals surface area contributed by atoms with Gasteiger partial charge < -0.3 is 29.5 Å². The lowest BCUT2D eigenvalue weighted by atomic mass is 10.0. The maximum absolute atomic E-state index is 12.5. The molecule has 9 nitrogen and oxygen atoms in total. The Balaban J connectivity index is 1.24. The Labute approximate surface area is 233 Å². The van der Waals surface area contributed by atoms with E-state index in [0.717, 1.165) is 67.4 Å². The molecule has 0 amide bonds. The molecule has 6 rings (SSSR count). The molecule has 2 aromatic rings. The quantitative estimate of drug-likeness (QED) is 0.351. The van der Waals surface area contributed by atoms with E-state index < -0.39 is 9.52 Å². The molecule has 10 heteroatoms. The molecule has 4 heterocycles. The molecular weight excluding hydrogens is 512 g/mol. The van der Waals surface area contributed by atoms with Crippen LogP contribution in [0.2, 0.25) is 0 Å². The van der Waals surface area contributed by atoms with Crippen LogP contribution in [0.4, 0.5) is 11.8 Å². The average Bonchev–Trinajstić information content (AvgIpc) is 3.66. The van der Waals surface area contributed by atoms with Gasteiger partial charge in [0, 0.05) is 67.8 Å². The molecule has 0 unspecified atom stereocenters. The Kier molecular flexibility index (Phi) is 8.05. The summed E-state index contributed by atoms with van der Waals surface area (Å²) in [5.74, 6) is 8.03. The highest BCUT2D eigenvalue weighted by Gasteiger charge is 2.32. The van der Waals surface area contributed by atoms with Crippen molar-refractivity contribution in [2.75, 3.05) is 81.3 Å². The van der Waals surface area contributed by atoms with E-state index in [4.69, 9.17) is 19.4 Å². The van der Waals surface area contributed by atoms with Crippen molar-refractivity contribution in [3.63, 3.8) is 0 Å². The van der Waals surface area contributed by atoms with Gasteiger partial charge in [-0.1, -0.05) is 0 Å². The SMILES string of the molecule is C=S1(=O)CCN(c2nc(NC3CCN(C4CC4)CC3)c3cc(OC)c(OCCCN4CCCC4)cc3n2)CC1. The van der Waals surface area contributed by atoms with Crippen molar-refractivity contribution in [2.24, 2.45) is 0 Å². The Bertz CT molecular complexity index is 1240. The first-order chi connectivity index (χ1) is 19.0. The lowest BCUT2D eigenvalue weighted by Crippen LogP contribution is -2.41. The van der Waals surface area contributed by atoms with Gasteiger partial charge in [0.25, 0.3) is 0 Å². The van der Waals surface area contributed by atoms with Crippen LogP contribution in [0.3, 0.4) is 0 Å². The molecule has 1 aromatic heterocycles. The predicted octanol–water partition coefficient (Wildman–Crippen LogP) is 3.08. The normalized spacial score (nSPS) is 22.8. The number of nitrogens with one attached hydrogen (secondary N) is 1. The minimum atomic E-state index is -2.00. The monoisotopic (exact) mass is 556 g/mol. The van der Waals surface area contributed by atoms with Crippen molar-refractivity contribution in [3.05, 3.63) is 12.1 Å². The van der Waals surface area contributed by atoms with Crippen LogP contribution in [0.15, 0.2) is 12.1 Å². The minimum Gasteiger partial charge on any atom is -0.493 e. The molecule has 39 heavy (non-hydrogen) atoms. The highest BCUT2D eigenvalue weighted by atomic mass is 32.2. The van der Waals surface area contributed by atoms with Crippen LogP contribution in [-0.2, 0) is 9.52 Å². The van der Waals surface area contributed by atoms with Gasteiger partial charge in [-0.05, 0) is 79.5 Å². The molecule has 214 valence electrons. The Morgan fingerprint density at radius 2 is 1.74 bits per heavy atom. The number of fused-ring (bicyclic) bond motifs is 1. The summed E-state index contributed by atoms with van der Waals surface area (Å²) in [6.45, 7) is 7.71. The van der Waals surface area contributed by atoms with Crippen LogP contribution in [-0.4, -0.2) is 113 Å². The molecule has 0 spiro atoms. The fraction of sp³-hybridized carbons (Fsp3) is 0.690. The fourth-order valence-electron chi connectivity index (χ4n) is 6.13. The molecule has 4 aliphatic rings. The Morgan fingerprint density at radius 1 is 1.00 bits per heavy atom. The third-order valence-electron chi connectivity index (χ3n) is 8.73. The highest BCUT2D eigenvalue weighted by Crippen LogP contribution is 2.37. The summed E-state index contributed by atoms with van der Waals surface area (Å²) in [5, 5.41) is 4.73. The summed E-state index contributed by atoms with van der Waals surface area (Å²) in [5.41, 5.74) is 0.842. The number of rotatable bonds is 10. The van der Waals surface area contributed by atoms with E-state index >= 15 is 0 Å². The van der Waals surface area contributed by atoms with Gasteiger partial charge in [0.2, 0.25) is 5.95 Å². The third kappa shape index (κ3) is 6.55. The molecular formula is C29H44N6O3S. The van der Waals surface area contributed by atoms with E-state index in [1.54, 1.807) is 7.11 Å². The first-order valence-corrected chi connectivity index (χ1v) is 16.9. The minimum absolute atomic E-state index is 0.374. The van der Waals surface area contributed by atoms with E-state index in [1.807, 2.05) is 12.1 Å². The van der Waals surface area contributed by atoms with Crippen LogP contribution in [0.5, 0.6) is 11.5 Å². The van der Waals surface area contributed by atoms with Crippen molar-refractivity contribution >= 4 is 38.1 Å². The van der Waals surface area contributed by atoms with E-state index in [2.05, 4.69) is 25.9 Å². The molecule has 0 bridgehead atoms. The first kappa shape index (κ1) is 26.9. The summed E-state index contributed by atoms with van der Waals surface area (Å²) in [6.07, 6.45) is 8.53. The second-order valence-electron chi connectivity index (χ2n) is 11.7. The van der Waals surface area contributed by atoms with Gasteiger partial charge in [0.15, 0.2) is 11.5 Å². The molecule has 0 radical (unpaired) electrons. The predicted molar refractivity (Wildman–Crippen MR) is 160 cm³/mol. The molecule has 1 N–H and O–H groups in total. The Hall–Kier alpha value is -2.30. The van der Waals surface area contributed by atoms with E-state index in [9.17, 15) is 4.21 Å². The zero-order valence-corrected chi connectivity index (χ0v) is 24.2. The smallest absolute Gasteiger partial charge is 0.227 e. The summed E-state index contributed by atoms with van der Waals surface area (Å²) in [4.78, 5) is 17.3. The van der Waals surface area contributed by atoms with Gasteiger partial charge >= 0.3 is 0 Å². The first-order valence-electron chi connectivity index (χ1n) is 14.8. The van der Waals surface area contributed by atoms with E-state index in [0.29, 0.717) is 48.9 Å². The standard InChI is InChI=1S/C29H44N6O3S/c1-37-26-20-24-25(21-27(26)38-17-5-12-33-10-3-4-11-33)31-29(35-15-18-39(2,36)19-16-35)32-28(24)30-22-8-13-34(14-9-22)23-6-7-23/h20-23H,2-19H2,1H3,(H,30,31,32). The topological polar surface area (TPSA) is 83.1 Å². The number of hydrogen-bond acceptors (Lipinski definition) is 9. The molecule has 1 aliphatic carbocycles. The number of methoxy groups -OCH3 is 1. The van der Waals surface area contributed by atoms with Crippen molar-refractivity contribution in [1.82, 2.24) is 19.8 Å². The number of aromatic nitrogens is 2. The maximum Gasteiger partial charge on any atom is 0.227 e. The maximum atomic E-state index is 12.5. The van der Waals surface area contributed by atoms with Gasteiger partial charge in [-0.15, -0.1) is 0 Å².